The zero-order chi connectivity index (χ0) is 19.3. The highest BCUT2D eigenvalue weighted by molar-refractivity contribution is 7.99. The second-order valence-electron chi connectivity index (χ2n) is 6.35. The number of carbonyl (C=O) groups is 2. The van der Waals surface area contributed by atoms with Crippen LogP contribution in [0.2, 0.25) is 0 Å². The summed E-state index contributed by atoms with van der Waals surface area (Å²) in [5.74, 6) is 0.786. The molecule has 0 aromatic heterocycles. The molecule has 7 heteroatoms. The van der Waals surface area contributed by atoms with Crippen LogP contribution in [-0.2, 0) is 20.9 Å². The molecule has 1 amide bonds. The van der Waals surface area contributed by atoms with E-state index in [2.05, 4.69) is 22.8 Å². The molecule has 1 atom stereocenters. The van der Waals surface area contributed by atoms with Crippen LogP contribution in [-0.4, -0.2) is 54.3 Å². The van der Waals surface area contributed by atoms with Gasteiger partial charge in [0.25, 0.3) is 0 Å². The van der Waals surface area contributed by atoms with Gasteiger partial charge in [-0.25, -0.2) is 0 Å². The van der Waals surface area contributed by atoms with Gasteiger partial charge in [-0.3, -0.25) is 9.59 Å². The van der Waals surface area contributed by atoms with E-state index in [4.69, 9.17) is 9.84 Å². The fourth-order valence-electron chi connectivity index (χ4n) is 2.35. The molecule has 0 heterocycles. The van der Waals surface area contributed by atoms with E-state index < -0.39 is 11.6 Å². The summed E-state index contributed by atoms with van der Waals surface area (Å²) in [6.07, 6.45) is 1.12. The van der Waals surface area contributed by atoms with Gasteiger partial charge < -0.3 is 20.5 Å². The van der Waals surface area contributed by atoms with Crippen molar-refractivity contribution in [2.24, 2.45) is 0 Å². The third-order valence-corrected chi connectivity index (χ3v) is 5.05. The first-order valence-electron chi connectivity index (χ1n) is 8.81. The van der Waals surface area contributed by atoms with Crippen LogP contribution < -0.4 is 10.6 Å². The fraction of sp³-hybridized carbons (Fsp3) is 0.579. The van der Waals surface area contributed by atoms with Crippen LogP contribution in [0.4, 0.5) is 0 Å². The topological polar surface area (TPSA) is 87.7 Å². The molecule has 0 spiro atoms. The minimum Gasteiger partial charge on any atom is -0.481 e. The third kappa shape index (κ3) is 10.4. The molecule has 146 valence electrons. The van der Waals surface area contributed by atoms with Gasteiger partial charge in [-0.2, -0.15) is 11.8 Å². The van der Waals surface area contributed by atoms with Crippen LogP contribution in [0, 0.1) is 0 Å². The van der Waals surface area contributed by atoms with E-state index >= 15 is 0 Å². The molecule has 0 fully saturated rings. The van der Waals surface area contributed by atoms with Gasteiger partial charge in [0.15, 0.2) is 0 Å². The molecule has 0 saturated carbocycles. The smallest absolute Gasteiger partial charge is 0.306 e. The van der Waals surface area contributed by atoms with Gasteiger partial charge in [0.1, 0.15) is 0 Å². The molecule has 1 aromatic rings. The largest absolute Gasteiger partial charge is 0.481 e. The highest BCUT2D eigenvalue weighted by Crippen LogP contribution is 2.21. The molecular formula is C19H30N2O4S. The Bertz CT molecular complexity index is 542. The van der Waals surface area contributed by atoms with Gasteiger partial charge in [0.2, 0.25) is 5.91 Å². The van der Waals surface area contributed by atoms with E-state index in [1.165, 1.54) is 5.56 Å². The van der Waals surface area contributed by atoms with Gasteiger partial charge in [-0.15, -0.1) is 0 Å². The van der Waals surface area contributed by atoms with Gasteiger partial charge in [0, 0.05) is 38.9 Å². The summed E-state index contributed by atoms with van der Waals surface area (Å²) >= 11 is 1.69. The van der Waals surface area contributed by atoms with Crippen LogP contribution in [0.15, 0.2) is 30.3 Å². The van der Waals surface area contributed by atoms with Crippen LogP contribution in [0.5, 0.6) is 0 Å². The molecule has 6 nitrogen and oxygen atoms in total. The zero-order valence-corrected chi connectivity index (χ0v) is 16.4. The lowest BCUT2D eigenvalue weighted by molar-refractivity contribution is -0.143. The van der Waals surface area contributed by atoms with Crippen molar-refractivity contribution in [3.05, 3.63) is 35.9 Å². The van der Waals surface area contributed by atoms with E-state index in [-0.39, 0.29) is 12.3 Å². The Balaban J connectivity index is 2.01. The Morgan fingerprint density at radius 3 is 2.58 bits per heavy atom. The van der Waals surface area contributed by atoms with E-state index in [1.54, 1.807) is 18.9 Å². The number of ether oxygens (including phenoxy) is 1. The maximum absolute atomic E-state index is 11.8. The predicted octanol–water partition coefficient (Wildman–Crippen LogP) is 2.29. The van der Waals surface area contributed by atoms with Crippen LogP contribution >= 0.6 is 11.8 Å². The molecule has 0 bridgehead atoms. The van der Waals surface area contributed by atoms with E-state index in [1.807, 2.05) is 25.1 Å². The Morgan fingerprint density at radius 1 is 1.19 bits per heavy atom. The van der Waals surface area contributed by atoms with Crippen molar-refractivity contribution in [2.75, 3.05) is 31.7 Å². The van der Waals surface area contributed by atoms with E-state index in [0.29, 0.717) is 25.9 Å². The minimum atomic E-state index is -0.854. The number of hydrogen-bond donors (Lipinski definition) is 3. The summed E-state index contributed by atoms with van der Waals surface area (Å²) in [5, 5.41) is 15.1. The SMILES string of the molecule is COC(C)(CCSCCNC(=O)CCNCc1ccccc1)CC(=O)O. The fourth-order valence-corrected chi connectivity index (χ4v) is 3.38. The Kier molecular flexibility index (Phi) is 11.0. The summed E-state index contributed by atoms with van der Waals surface area (Å²) in [7, 11) is 1.54. The second kappa shape index (κ2) is 12.7. The average Bonchev–Trinajstić information content (AvgIpc) is 2.62. The summed E-state index contributed by atoms with van der Waals surface area (Å²) in [6, 6.07) is 10.1. The first kappa shape index (κ1) is 22.5. The van der Waals surface area contributed by atoms with Crippen molar-refractivity contribution in [3.63, 3.8) is 0 Å². The zero-order valence-electron chi connectivity index (χ0n) is 15.6. The lowest BCUT2D eigenvalue weighted by Gasteiger charge is -2.26. The molecule has 1 aromatic carbocycles. The Labute approximate surface area is 160 Å². The normalized spacial score (nSPS) is 13.2. The summed E-state index contributed by atoms with van der Waals surface area (Å²) in [4.78, 5) is 22.6. The molecule has 0 aliphatic rings. The molecule has 0 aliphatic carbocycles. The standard InChI is InChI=1S/C19H30N2O4S/c1-19(25-2,14-18(23)24)9-12-26-13-11-21-17(22)8-10-20-15-16-6-4-3-5-7-16/h3-7,20H,8-15H2,1-2H3,(H,21,22)(H,23,24). The number of rotatable bonds is 14. The number of aliphatic carboxylic acids is 1. The van der Waals surface area contributed by atoms with Crippen LogP contribution in [0.3, 0.4) is 0 Å². The molecule has 0 radical (unpaired) electrons. The molecular weight excluding hydrogens is 352 g/mol. The van der Waals surface area contributed by atoms with Gasteiger partial charge >= 0.3 is 5.97 Å². The second-order valence-corrected chi connectivity index (χ2v) is 7.57. The lowest BCUT2D eigenvalue weighted by Crippen LogP contribution is -2.31. The molecule has 0 aliphatic heterocycles. The maximum Gasteiger partial charge on any atom is 0.306 e. The maximum atomic E-state index is 11.8. The summed E-state index contributed by atoms with van der Waals surface area (Å²) < 4.78 is 5.31. The van der Waals surface area contributed by atoms with Crippen LogP contribution in [0.25, 0.3) is 0 Å². The number of carboxylic acids is 1. The van der Waals surface area contributed by atoms with Crippen molar-refractivity contribution in [3.8, 4) is 0 Å². The summed E-state index contributed by atoms with van der Waals surface area (Å²) in [5.41, 5.74) is 0.572. The molecule has 3 N–H and O–H groups in total. The average molecular weight is 383 g/mol. The molecule has 1 rings (SSSR count). The molecule has 0 saturated heterocycles. The van der Waals surface area contributed by atoms with Crippen molar-refractivity contribution in [1.29, 1.82) is 0 Å². The van der Waals surface area contributed by atoms with Gasteiger partial charge in [-0.05, 0) is 24.7 Å². The van der Waals surface area contributed by atoms with Gasteiger partial charge in [0.05, 0.1) is 12.0 Å². The molecule has 26 heavy (non-hydrogen) atoms. The minimum absolute atomic E-state index is 0.00320. The van der Waals surface area contributed by atoms with Gasteiger partial charge in [-0.1, -0.05) is 30.3 Å². The van der Waals surface area contributed by atoms with Crippen molar-refractivity contribution < 1.29 is 19.4 Å². The summed E-state index contributed by atoms with van der Waals surface area (Å²) in [6.45, 7) is 3.84. The number of carbonyl (C=O) groups excluding carboxylic acids is 1. The predicted molar refractivity (Wildman–Crippen MR) is 105 cm³/mol. The number of carboxylic acid groups (broad SMARTS) is 1. The molecule has 1 unspecified atom stereocenters. The third-order valence-electron chi connectivity index (χ3n) is 4.06. The monoisotopic (exact) mass is 382 g/mol. The van der Waals surface area contributed by atoms with Crippen molar-refractivity contribution in [1.82, 2.24) is 10.6 Å². The Hall–Kier alpha value is -1.57. The van der Waals surface area contributed by atoms with Crippen molar-refractivity contribution >= 4 is 23.6 Å². The highest BCUT2D eigenvalue weighted by atomic mass is 32.2. The van der Waals surface area contributed by atoms with E-state index in [9.17, 15) is 9.59 Å². The first-order valence-corrected chi connectivity index (χ1v) is 9.97. The number of hydrogen-bond acceptors (Lipinski definition) is 5. The number of benzene rings is 1. The van der Waals surface area contributed by atoms with Crippen LogP contribution in [0.1, 0.15) is 31.7 Å². The van der Waals surface area contributed by atoms with E-state index in [0.717, 1.165) is 18.1 Å². The first-order chi connectivity index (χ1) is 12.4. The number of methoxy groups -OCH3 is 1. The number of amides is 1. The number of nitrogens with one attached hydrogen (secondary N) is 2. The Morgan fingerprint density at radius 2 is 1.92 bits per heavy atom. The van der Waals surface area contributed by atoms with Crippen molar-refractivity contribution in [2.45, 2.75) is 38.3 Å². The quantitative estimate of drug-likeness (QED) is 0.428. The number of thioether (sulfide) groups is 1. The lowest BCUT2D eigenvalue weighted by atomic mass is 9.99. The highest BCUT2D eigenvalue weighted by Gasteiger charge is 2.26.